The molecule has 0 spiro atoms. The van der Waals surface area contributed by atoms with Crippen molar-refractivity contribution in [2.75, 3.05) is 12.4 Å². The summed E-state index contributed by atoms with van der Waals surface area (Å²) in [6, 6.07) is 7.67. The van der Waals surface area contributed by atoms with Crippen molar-refractivity contribution in [3.63, 3.8) is 0 Å². The number of hydrogen-bond donors (Lipinski definition) is 1. The van der Waals surface area contributed by atoms with Crippen molar-refractivity contribution in [3.05, 3.63) is 35.8 Å². The lowest BCUT2D eigenvalue weighted by Crippen LogP contribution is -2.22. The molecule has 1 N–H and O–H groups in total. The second-order valence-corrected chi connectivity index (χ2v) is 7.57. The zero-order valence-electron chi connectivity index (χ0n) is 14.7. The number of thioether (sulfide) groups is 1. The van der Waals surface area contributed by atoms with Crippen LogP contribution in [0, 0.1) is 0 Å². The number of rotatable bonds is 7. The van der Waals surface area contributed by atoms with Crippen LogP contribution >= 0.6 is 23.1 Å². The van der Waals surface area contributed by atoms with Crippen LogP contribution < -0.4 is 10.1 Å². The van der Waals surface area contributed by atoms with Crippen LogP contribution in [0.25, 0.3) is 11.4 Å². The van der Waals surface area contributed by atoms with E-state index in [1.54, 1.807) is 13.3 Å². The predicted molar refractivity (Wildman–Crippen MR) is 104 cm³/mol. The van der Waals surface area contributed by atoms with E-state index >= 15 is 0 Å². The number of nitrogens with zero attached hydrogens (tertiary/aromatic N) is 4. The molecule has 7 nitrogen and oxygen atoms in total. The molecule has 136 valence electrons. The Morgan fingerprint density at radius 2 is 2.12 bits per heavy atom. The number of hydrogen-bond acceptors (Lipinski definition) is 7. The summed E-state index contributed by atoms with van der Waals surface area (Å²) in [5.41, 5.74) is 0.951. The maximum atomic E-state index is 12.3. The Bertz CT molecular complexity index is 862. The summed E-state index contributed by atoms with van der Waals surface area (Å²) in [7, 11) is 1.64. The summed E-state index contributed by atoms with van der Waals surface area (Å²) in [4.78, 5) is 16.4. The topological polar surface area (TPSA) is 81.9 Å². The summed E-state index contributed by atoms with van der Waals surface area (Å²) in [6.45, 7) is 4.58. The van der Waals surface area contributed by atoms with Gasteiger partial charge in [0.2, 0.25) is 5.91 Å². The summed E-state index contributed by atoms with van der Waals surface area (Å²) < 4.78 is 7.19. The standard InChI is InChI=1S/C17H19N5O2S2/c1-4-22-14(12-5-7-13(24-3)8-6-12)20-21-17(22)26-11(2)15(23)19-16-18-9-10-25-16/h5-11H,4H2,1-3H3,(H,18,19,23)/t11-/m1/s1. The second-order valence-electron chi connectivity index (χ2n) is 5.37. The van der Waals surface area contributed by atoms with Gasteiger partial charge < -0.3 is 14.6 Å². The average Bonchev–Trinajstić information content (AvgIpc) is 3.31. The Balaban J connectivity index is 1.75. The van der Waals surface area contributed by atoms with Gasteiger partial charge in [-0.15, -0.1) is 21.5 Å². The number of carbonyl (C=O) groups excluding carboxylic acids is 1. The Hall–Kier alpha value is -2.39. The molecular weight excluding hydrogens is 370 g/mol. The fraction of sp³-hybridized carbons (Fsp3) is 0.294. The molecule has 0 bridgehead atoms. The predicted octanol–water partition coefficient (Wildman–Crippen LogP) is 3.55. The van der Waals surface area contributed by atoms with Gasteiger partial charge in [0.15, 0.2) is 16.1 Å². The van der Waals surface area contributed by atoms with E-state index in [2.05, 4.69) is 20.5 Å². The molecule has 26 heavy (non-hydrogen) atoms. The summed E-state index contributed by atoms with van der Waals surface area (Å²) in [5.74, 6) is 1.45. The molecule has 0 saturated heterocycles. The second kappa shape index (κ2) is 8.33. The minimum atomic E-state index is -0.322. The van der Waals surface area contributed by atoms with Gasteiger partial charge in [-0.1, -0.05) is 11.8 Å². The normalized spacial score (nSPS) is 12.0. The van der Waals surface area contributed by atoms with Crippen LogP contribution in [0.4, 0.5) is 5.13 Å². The third-order valence-corrected chi connectivity index (χ3v) is 5.46. The first-order valence-electron chi connectivity index (χ1n) is 8.07. The van der Waals surface area contributed by atoms with Crippen LogP contribution in [-0.2, 0) is 11.3 Å². The molecule has 0 aliphatic carbocycles. The van der Waals surface area contributed by atoms with Gasteiger partial charge in [-0.05, 0) is 38.1 Å². The molecule has 1 amide bonds. The molecule has 1 atom stereocenters. The van der Waals surface area contributed by atoms with Crippen molar-refractivity contribution in [3.8, 4) is 17.1 Å². The fourth-order valence-electron chi connectivity index (χ4n) is 2.32. The maximum absolute atomic E-state index is 12.3. The molecule has 0 unspecified atom stereocenters. The summed E-state index contributed by atoms with van der Waals surface area (Å²) in [6.07, 6.45) is 1.66. The third-order valence-electron chi connectivity index (χ3n) is 3.70. The highest BCUT2D eigenvalue weighted by Crippen LogP contribution is 2.28. The zero-order chi connectivity index (χ0) is 18.5. The van der Waals surface area contributed by atoms with E-state index in [1.165, 1.54) is 23.1 Å². The van der Waals surface area contributed by atoms with Gasteiger partial charge in [-0.3, -0.25) is 4.79 Å². The van der Waals surface area contributed by atoms with E-state index in [9.17, 15) is 4.79 Å². The first-order valence-corrected chi connectivity index (χ1v) is 9.83. The number of methoxy groups -OCH3 is 1. The van der Waals surface area contributed by atoms with Crippen molar-refractivity contribution >= 4 is 34.1 Å². The van der Waals surface area contributed by atoms with Gasteiger partial charge in [0.25, 0.3) is 0 Å². The molecule has 2 aromatic heterocycles. The van der Waals surface area contributed by atoms with Gasteiger partial charge in [0.1, 0.15) is 5.75 Å². The number of benzene rings is 1. The van der Waals surface area contributed by atoms with Gasteiger partial charge in [0, 0.05) is 23.7 Å². The number of thiazole rings is 1. The van der Waals surface area contributed by atoms with Crippen LogP contribution in [0.5, 0.6) is 5.75 Å². The zero-order valence-corrected chi connectivity index (χ0v) is 16.3. The van der Waals surface area contributed by atoms with E-state index in [-0.39, 0.29) is 11.2 Å². The molecule has 0 aliphatic rings. The molecule has 3 rings (SSSR count). The third kappa shape index (κ3) is 4.05. The van der Waals surface area contributed by atoms with Crippen molar-refractivity contribution in [1.29, 1.82) is 0 Å². The molecule has 0 fully saturated rings. The van der Waals surface area contributed by atoms with E-state index < -0.39 is 0 Å². The number of amides is 1. The minimum absolute atomic E-state index is 0.110. The number of carbonyl (C=O) groups is 1. The van der Waals surface area contributed by atoms with Crippen LogP contribution in [0.3, 0.4) is 0 Å². The smallest absolute Gasteiger partial charge is 0.239 e. The highest BCUT2D eigenvalue weighted by molar-refractivity contribution is 8.00. The molecule has 3 aromatic rings. The lowest BCUT2D eigenvalue weighted by atomic mass is 10.2. The van der Waals surface area contributed by atoms with Gasteiger partial charge in [-0.2, -0.15) is 0 Å². The molecule has 0 saturated carbocycles. The molecule has 0 radical (unpaired) electrons. The van der Waals surface area contributed by atoms with E-state index in [4.69, 9.17) is 4.74 Å². The van der Waals surface area contributed by atoms with Gasteiger partial charge >= 0.3 is 0 Å². The van der Waals surface area contributed by atoms with E-state index in [0.717, 1.165) is 17.1 Å². The Morgan fingerprint density at radius 3 is 2.73 bits per heavy atom. The molecule has 9 heteroatoms. The summed E-state index contributed by atoms with van der Waals surface area (Å²) in [5, 5.41) is 14.2. The van der Waals surface area contributed by atoms with E-state index in [1.807, 2.05) is 48.1 Å². The Kier molecular flexibility index (Phi) is 5.89. The highest BCUT2D eigenvalue weighted by Gasteiger charge is 2.21. The lowest BCUT2D eigenvalue weighted by Gasteiger charge is -2.11. The average molecular weight is 390 g/mol. The number of ether oxygens (including phenoxy) is 1. The SMILES string of the molecule is CCn1c(S[C@H](C)C(=O)Nc2nccs2)nnc1-c1ccc(OC)cc1. The number of anilines is 1. The minimum Gasteiger partial charge on any atom is -0.497 e. The molecule has 0 aliphatic heterocycles. The quantitative estimate of drug-likeness (QED) is 0.622. The molecule has 2 heterocycles. The molecule has 1 aromatic carbocycles. The lowest BCUT2D eigenvalue weighted by molar-refractivity contribution is -0.115. The van der Waals surface area contributed by atoms with Crippen molar-refractivity contribution in [1.82, 2.24) is 19.7 Å². The fourth-order valence-corrected chi connectivity index (χ4v) is 3.76. The largest absolute Gasteiger partial charge is 0.497 e. The maximum Gasteiger partial charge on any atom is 0.239 e. The molecular formula is C17H19N5O2S2. The monoisotopic (exact) mass is 389 g/mol. The first kappa shape index (κ1) is 18.4. The van der Waals surface area contributed by atoms with Crippen LogP contribution in [-0.4, -0.2) is 38.0 Å². The highest BCUT2D eigenvalue weighted by atomic mass is 32.2. The first-order chi connectivity index (χ1) is 12.6. The van der Waals surface area contributed by atoms with Crippen molar-refractivity contribution in [2.24, 2.45) is 0 Å². The van der Waals surface area contributed by atoms with Crippen molar-refractivity contribution < 1.29 is 9.53 Å². The van der Waals surface area contributed by atoms with Crippen LogP contribution in [0.2, 0.25) is 0 Å². The number of aromatic nitrogens is 4. The Morgan fingerprint density at radius 1 is 1.35 bits per heavy atom. The van der Waals surface area contributed by atoms with Crippen molar-refractivity contribution in [2.45, 2.75) is 30.8 Å². The number of nitrogens with one attached hydrogen (secondary N) is 1. The Labute approximate surface area is 159 Å². The van der Waals surface area contributed by atoms with Crippen LogP contribution in [0.1, 0.15) is 13.8 Å². The van der Waals surface area contributed by atoms with Crippen LogP contribution in [0.15, 0.2) is 41.0 Å². The summed E-state index contributed by atoms with van der Waals surface area (Å²) >= 11 is 2.77. The van der Waals surface area contributed by atoms with Gasteiger partial charge in [-0.25, -0.2) is 4.98 Å². The van der Waals surface area contributed by atoms with Gasteiger partial charge in [0.05, 0.1) is 12.4 Å². The van der Waals surface area contributed by atoms with E-state index in [0.29, 0.717) is 16.8 Å².